The SMILES string of the molecule is CN1CC[C@H](c2c(O)cc(O)c3c(=O)cc(C4=CC=CCC4Cl)oc23)[C@H](O)C1.COC(=O)[C@H](C)O.COC(=O)[C@H](C)O[Si](C)(C)C(C)(C)C.C[C@H](O)C(=O)O[C@@H]1CN(C)CC[C@@H]1c1c(O)cc(O)c2c(=O)cc(-c3ccccc3Cl)oc12.C[C@H](O[Si](C)(C)C(C)(C)C)C(=O)O.C[C@H](O[Si](C)(C)C(C)(C)C)C(=O)O[C@@H]1CN(C)CC[C@@H]1c1c(O)cc(O)c2c(=O)cc(-c3ccccc3Cl)oc12. The Morgan fingerprint density at radius 2 is 0.785 bits per heavy atom. The van der Waals surface area contributed by atoms with Crippen molar-refractivity contribution >= 4 is 128 Å². The molecule has 742 valence electrons. The number of halogens is 3. The topological polar surface area (TPSA) is 453 Å². The third kappa shape index (κ3) is 28.4. The number of carboxylic acids is 1. The number of phenols is 6. The number of aliphatic carboxylic acids is 1. The summed E-state index contributed by atoms with van der Waals surface area (Å²) >= 11 is 19.1. The average molecular weight is 1990 g/mol. The number of esters is 4. The van der Waals surface area contributed by atoms with Crippen LogP contribution in [0.25, 0.3) is 61.1 Å². The first-order chi connectivity index (χ1) is 62.5. The Labute approximate surface area is 805 Å². The van der Waals surface area contributed by atoms with Crippen LogP contribution in [-0.4, -0.2) is 249 Å². The highest BCUT2D eigenvalue weighted by atomic mass is 35.5. The van der Waals surface area contributed by atoms with Gasteiger partial charge in [-0.15, -0.1) is 11.6 Å². The summed E-state index contributed by atoms with van der Waals surface area (Å²) in [5.74, 6) is -5.73. The molecule has 3 aliphatic heterocycles. The van der Waals surface area contributed by atoms with Gasteiger partial charge in [-0.05, 0) is 180 Å². The zero-order valence-electron chi connectivity index (χ0n) is 81.6. The zero-order chi connectivity index (χ0) is 102. The molecule has 3 fully saturated rings. The van der Waals surface area contributed by atoms with E-state index in [0.29, 0.717) is 102 Å². The molecule has 10 N–H and O–H groups in total. The van der Waals surface area contributed by atoms with Crippen LogP contribution in [0.3, 0.4) is 0 Å². The molecule has 135 heavy (non-hydrogen) atoms. The number of carbonyl (C=O) groups excluding carboxylic acids is 4. The standard InChI is InChI=1S/C30H38ClNO7Si.C24H24ClNO7.C21H22ClNO5.C10H22O3Si.C9H20O3Si.C4H8O3/c1-17(39-40(6,7)30(2,3)4)29(36)38-25-16-32(5)13-12-19(25)26-21(33)14-22(34)27-23(35)15-24(37-28(26)27)18-10-8-9-11-20(18)31;1-12(27)24(31)33-20-11-26(2)8-7-14(20)21-16(28)9-17(29)22-18(30)10-19(32-23(21)22)13-5-3-4-6-15(13)25;1-23-7-6-12(17(27)10-23)19-14(24)8-15(25)20-16(26)9-18(28-21(19)20)11-4-2-3-5-13(11)22;1-8(9(11)12-5)13-14(6,7)10(2,3)4;1-7(8(10)11)12-13(5,6)9(2,3)4;1-3(5)4(6)7-2/h8-11,14-15,17,19,25,33-34H,12-13,16H2,1-7H3;3-6,9-10,12,14,20,27-29H,7-8,11H2,1-2H3;2-4,8-9,12-13,17,24-25,27H,5-7,10H2,1H3;8H,1-7H3;7H,1-6H3,(H,10,11);3,5H,1-2H3/t17-,19-,25+;12-,14-,20+;12-,13?,17+;8-;7-;3-/m000000/s1. The molecular formula is C98H134Cl3N3O28Si3. The largest absolute Gasteiger partial charge is 0.507 e. The summed E-state index contributed by atoms with van der Waals surface area (Å²) in [6.07, 6.45) is 1.40. The van der Waals surface area contributed by atoms with Gasteiger partial charge in [-0.3, -0.25) is 14.4 Å². The number of nitrogens with zero attached hydrogens (tertiary/aromatic N) is 3. The number of hydrogen-bond donors (Lipinski definition) is 10. The van der Waals surface area contributed by atoms with Crippen LogP contribution in [-0.2, 0) is 56.2 Å². The van der Waals surface area contributed by atoms with Gasteiger partial charge < -0.3 is 111 Å². The lowest BCUT2D eigenvalue weighted by Gasteiger charge is -2.39. The number of ether oxygens (including phenoxy) is 4. The fraction of sp³-hybridized carbons (Fsp3) is 0.510. The molecule has 31 nitrogen and oxygen atoms in total. The van der Waals surface area contributed by atoms with E-state index in [2.05, 4.69) is 98.0 Å². The summed E-state index contributed by atoms with van der Waals surface area (Å²) < 4.78 is 56.4. The molecule has 0 amide bonds. The number of β-amino-alcohol motifs (C(OH)–C–C–N with tert-alkyl or cyclic N) is 1. The number of alkyl halides is 1. The molecule has 1 aliphatic carbocycles. The number of carboxylic acid groups (broad SMARTS) is 1. The molecule has 4 aliphatic rings. The Morgan fingerprint density at radius 3 is 1.12 bits per heavy atom. The molecule has 3 saturated heterocycles. The molecule has 12 rings (SSSR count). The molecule has 8 aromatic rings. The summed E-state index contributed by atoms with van der Waals surface area (Å²) in [5, 5.41) is 101. The van der Waals surface area contributed by atoms with Gasteiger partial charge >= 0.3 is 29.8 Å². The Balaban J connectivity index is 0.000000238. The number of hydrogen-bond acceptors (Lipinski definition) is 30. The normalized spacial score (nSPS) is 19.8. The number of aliphatic hydroxyl groups excluding tert-OH is 3. The second kappa shape index (κ2) is 46.8. The van der Waals surface area contributed by atoms with Crippen LogP contribution in [0.2, 0.25) is 64.4 Å². The van der Waals surface area contributed by atoms with Crippen LogP contribution in [0, 0.1) is 0 Å². The van der Waals surface area contributed by atoms with Crippen LogP contribution in [0.4, 0.5) is 0 Å². The monoisotopic (exact) mass is 1990 g/mol. The predicted octanol–water partition coefficient (Wildman–Crippen LogP) is 17.0. The summed E-state index contributed by atoms with van der Waals surface area (Å²) in [7, 11) is 2.33. The van der Waals surface area contributed by atoms with Crippen molar-refractivity contribution in [2.45, 2.75) is 249 Å². The number of rotatable bonds is 19. The van der Waals surface area contributed by atoms with Crippen molar-refractivity contribution in [3.63, 3.8) is 0 Å². The molecule has 0 bridgehead atoms. The van der Waals surface area contributed by atoms with Crippen molar-refractivity contribution in [2.24, 2.45) is 0 Å². The molecule has 0 saturated carbocycles. The fourth-order valence-electron chi connectivity index (χ4n) is 14.9. The molecule has 0 spiro atoms. The van der Waals surface area contributed by atoms with Crippen molar-refractivity contribution in [3.05, 3.63) is 166 Å². The van der Waals surface area contributed by atoms with E-state index in [1.807, 2.05) is 61.1 Å². The smallest absolute Gasteiger partial charge is 0.335 e. The van der Waals surface area contributed by atoms with Gasteiger partial charge in [0.15, 0.2) is 41.2 Å². The summed E-state index contributed by atoms with van der Waals surface area (Å²) in [4.78, 5) is 102. The highest BCUT2D eigenvalue weighted by molar-refractivity contribution is 6.75. The molecule has 6 heterocycles. The lowest BCUT2D eigenvalue weighted by molar-refractivity contribution is -0.162. The third-order valence-electron chi connectivity index (χ3n) is 25.5. The summed E-state index contributed by atoms with van der Waals surface area (Å²) in [5.41, 5.74) is 1.31. The van der Waals surface area contributed by atoms with Crippen molar-refractivity contribution in [2.75, 3.05) is 74.6 Å². The number of phenolic OH excluding ortho intramolecular Hbond substituents is 6. The van der Waals surface area contributed by atoms with Gasteiger partial charge in [-0.2, -0.15) is 0 Å². The number of methoxy groups -OCH3 is 2. The van der Waals surface area contributed by atoms with E-state index in [1.54, 1.807) is 75.4 Å². The minimum atomic E-state index is -2.23. The van der Waals surface area contributed by atoms with Gasteiger partial charge in [0.2, 0.25) is 0 Å². The quantitative estimate of drug-likeness (QED) is 0.0156. The van der Waals surface area contributed by atoms with Gasteiger partial charge in [0.1, 0.15) is 127 Å². The Hall–Kier alpha value is -9.48. The number of aromatic hydroxyl groups is 6. The van der Waals surface area contributed by atoms with E-state index in [9.17, 15) is 79.2 Å². The van der Waals surface area contributed by atoms with Gasteiger partial charge in [0.05, 0.1) is 35.7 Å². The lowest BCUT2D eigenvalue weighted by Crippen LogP contribution is -2.48. The highest BCUT2D eigenvalue weighted by Crippen LogP contribution is 2.49. The number of piperidine rings is 3. The van der Waals surface area contributed by atoms with E-state index in [0.717, 1.165) is 24.7 Å². The highest BCUT2D eigenvalue weighted by Gasteiger charge is 2.46. The molecule has 0 radical (unpaired) electrons. The lowest BCUT2D eigenvalue weighted by atomic mass is 9.85. The number of benzene rings is 5. The van der Waals surface area contributed by atoms with Crippen molar-refractivity contribution in [1.82, 2.24) is 14.7 Å². The van der Waals surface area contributed by atoms with Crippen LogP contribution < -0.4 is 16.3 Å². The number of carbonyl (C=O) groups is 5. The molecule has 3 aromatic heterocycles. The molecular weight excluding hydrogens is 1860 g/mol. The van der Waals surface area contributed by atoms with Gasteiger partial charge in [0, 0.05) is 107 Å². The number of fused-ring (bicyclic) bond motifs is 3. The van der Waals surface area contributed by atoms with Crippen LogP contribution in [0.5, 0.6) is 34.5 Å². The van der Waals surface area contributed by atoms with E-state index in [1.165, 1.54) is 46.3 Å². The Morgan fingerprint density at radius 1 is 0.459 bits per heavy atom. The minimum absolute atomic E-state index is 0.000696. The molecule has 5 aromatic carbocycles. The third-order valence-corrected chi connectivity index (χ3v) is 40.3. The van der Waals surface area contributed by atoms with Gasteiger partial charge in [-0.25, -0.2) is 24.0 Å². The number of likely N-dealkylation sites (tertiary alicyclic amines) is 3. The van der Waals surface area contributed by atoms with E-state index < -0.39 is 143 Å². The maximum Gasteiger partial charge on any atom is 0.335 e. The zero-order valence-corrected chi connectivity index (χ0v) is 86.9. The molecule has 37 heteroatoms. The first kappa shape index (κ1) is 113. The van der Waals surface area contributed by atoms with Crippen LogP contribution in [0.1, 0.15) is 163 Å². The maximum absolute atomic E-state index is 13.3. The second-order valence-electron chi connectivity index (χ2n) is 39.0. The average Bonchev–Trinajstić information content (AvgIpc) is 0.752. The minimum Gasteiger partial charge on any atom is -0.507 e. The van der Waals surface area contributed by atoms with Crippen molar-refractivity contribution in [1.29, 1.82) is 0 Å². The van der Waals surface area contributed by atoms with E-state index in [-0.39, 0.29) is 99.5 Å². The van der Waals surface area contributed by atoms with Crippen molar-refractivity contribution in [3.8, 4) is 57.1 Å². The summed E-state index contributed by atoms with van der Waals surface area (Å²) in [6.45, 7) is 42.4. The summed E-state index contributed by atoms with van der Waals surface area (Å²) in [6, 6.07) is 21.0. The second-order valence-corrected chi connectivity index (χ2v) is 54.6. The Kier molecular flexibility index (Phi) is 39.0. The first-order valence-electron chi connectivity index (χ1n) is 44.5. The van der Waals surface area contributed by atoms with Crippen LogP contribution >= 0.6 is 34.8 Å². The number of aliphatic hydroxyl groups is 3. The first-order valence-corrected chi connectivity index (χ1v) is 54.4. The van der Waals surface area contributed by atoms with Crippen LogP contribution in [0.15, 0.2) is 131 Å². The molecule has 12 atom stereocenters. The van der Waals surface area contributed by atoms with E-state index >= 15 is 0 Å². The van der Waals surface area contributed by atoms with Gasteiger partial charge in [-0.1, -0.05) is 128 Å². The maximum atomic E-state index is 13.3. The number of likely N-dealkylation sites (N-methyl/N-ethyl adjacent to an activating group) is 3. The number of allylic oxidation sites excluding steroid dienone is 4. The molecule has 1 unspecified atom stereocenters. The van der Waals surface area contributed by atoms with E-state index in [4.69, 9.17) is 81.0 Å². The van der Waals surface area contributed by atoms with Crippen molar-refractivity contribution < 1.29 is 121 Å². The fourth-order valence-corrected chi connectivity index (χ4v) is 19.7. The van der Waals surface area contributed by atoms with Gasteiger partial charge in [0.25, 0.3) is 0 Å². The Bertz CT molecular complexity index is 5790. The predicted molar refractivity (Wildman–Crippen MR) is 528 cm³/mol.